The quantitative estimate of drug-likeness (QED) is 0.543. The van der Waals surface area contributed by atoms with Gasteiger partial charge in [-0.1, -0.05) is 30.8 Å². The fraction of sp³-hybridized carbons (Fsp3) is 0.250. The fourth-order valence-electron chi connectivity index (χ4n) is 2.30. The first kappa shape index (κ1) is 16.1. The maximum Gasteiger partial charge on any atom is 0.328 e. The van der Waals surface area contributed by atoms with Crippen molar-refractivity contribution in [3.8, 4) is 6.07 Å². The number of H-pyrrole nitrogens is 1. The lowest BCUT2D eigenvalue weighted by atomic mass is 10.1. The number of nitriles is 1. The van der Waals surface area contributed by atoms with E-state index in [1.54, 1.807) is 12.1 Å². The molecule has 8 heteroatoms. The number of rotatable bonds is 5. The van der Waals surface area contributed by atoms with Gasteiger partial charge < -0.3 is 10.7 Å². The molecule has 0 unspecified atom stereocenters. The Balaban J connectivity index is 2.02. The molecule has 2 heterocycles. The van der Waals surface area contributed by atoms with Crippen molar-refractivity contribution in [2.75, 3.05) is 11.5 Å². The molecule has 24 heavy (non-hydrogen) atoms. The molecular weight excluding hydrogens is 324 g/mol. The van der Waals surface area contributed by atoms with Crippen LogP contribution in [0.5, 0.6) is 0 Å². The minimum absolute atomic E-state index is 0.272. The molecule has 122 valence electrons. The molecule has 1 aromatic carbocycles. The summed E-state index contributed by atoms with van der Waals surface area (Å²) in [5, 5.41) is 9.42. The smallest absolute Gasteiger partial charge is 0.328 e. The van der Waals surface area contributed by atoms with Crippen LogP contribution in [0.25, 0.3) is 11.2 Å². The Hall–Kier alpha value is -2.79. The van der Waals surface area contributed by atoms with E-state index in [9.17, 15) is 4.79 Å². The zero-order valence-electron chi connectivity index (χ0n) is 13.1. The van der Waals surface area contributed by atoms with Gasteiger partial charge in [-0.25, -0.2) is 14.8 Å². The number of nitrogens with two attached hydrogens (primary N) is 1. The van der Waals surface area contributed by atoms with Gasteiger partial charge in [0.1, 0.15) is 5.52 Å². The van der Waals surface area contributed by atoms with Crippen LogP contribution in [0.4, 0.5) is 5.82 Å². The number of nitrogens with zero attached hydrogens (tertiary/aromatic N) is 4. The number of anilines is 1. The van der Waals surface area contributed by atoms with Crippen molar-refractivity contribution in [2.24, 2.45) is 0 Å². The van der Waals surface area contributed by atoms with Crippen LogP contribution in [0.15, 0.2) is 34.2 Å². The van der Waals surface area contributed by atoms with E-state index in [4.69, 9.17) is 11.0 Å². The van der Waals surface area contributed by atoms with E-state index in [0.717, 1.165) is 17.7 Å². The van der Waals surface area contributed by atoms with E-state index in [1.165, 1.54) is 16.3 Å². The highest BCUT2D eigenvalue weighted by Crippen LogP contribution is 2.21. The summed E-state index contributed by atoms with van der Waals surface area (Å²) in [6.07, 6.45) is 0.997. The number of imidazole rings is 1. The third kappa shape index (κ3) is 3.12. The van der Waals surface area contributed by atoms with Gasteiger partial charge in [0, 0.05) is 5.75 Å². The standard InChI is InChI=1S/C16H16N6OS/c1-2-7-24-15-20-13(18)12-14(21-15)22(16(23)19-12)9-11-5-3-10(8-17)4-6-11/h3-6H,2,7,9H2,1H3,(H,19,23)(H2,18,20,21). The number of thioether (sulfide) groups is 1. The lowest BCUT2D eigenvalue weighted by molar-refractivity contribution is 0.771. The Bertz CT molecular complexity index is 967. The lowest BCUT2D eigenvalue weighted by Gasteiger charge is -2.05. The first-order chi connectivity index (χ1) is 11.6. The number of nitrogen functional groups attached to an aromatic ring is 1. The van der Waals surface area contributed by atoms with Crippen molar-refractivity contribution < 1.29 is 0 Å². The summed E-state index contributed by atoms with van der Waals surface area (Å²) in [5.74, 6) is 1.16. The third-order valence-corrected chi connectivity index (χ3v) is 4.54. The SMILES string of the molecule is CCCSc1nc(N)c2[nH]c(=O)n(Cc3ccc(C#N)cc3)c2n1. The van der Waals surface area contributed by atoms with Gasteiger partial charge in [0.15, 0.2) is 16.6 Å². The number of aromatic amines is 1. The van der Waals surface area contributed by atoms with Gasteiger partial charge in [-0.15, -0.1) is 0 Å². The second-order valence-corrected chi connectivity index (χ2v) is 6.33. The van der Waals surface area contributed by atoms with E-state index < -0.39 is 0 Å². The van der Waals surface area contributed by atoms with E-state index in [0.29, 0.717) is 28.4 Å². The number of benzene rings is 1. The summed E-state index contributed by atoms with van der Waals surface area (Å²) in [4.78, 5) is 23.7. The first-order valence-corrected chi connectivity index (χ1v) is 8.48. The first-order valence-electron chi connectivity index (χ1n) is 7.50. The predicted molar refractivity (Wildman–Crippen MR) is 93.8 cm³/mol. The number of nitrogens with one attached hydrogen (secondary N) is 1. The normalized spacial score (nSPS) is 10.8. The molecule has 0 amide bonds. The monoisotopic (exact) mass is 340 g/mol. The van der Waals surface area contributed by atoms with Gasteiger partial charge in [0.2, 0.25) is 0 Å². The van der Waals surface area contributed by atoms with Crippen LogP contribution < -0.4 is 11.4 Å². The molecule has 0 spiro atoms. The second kappa shape index (κ2) is 6.76. The molecule has 0 saturated carbocycles. The van der Waals surface area contributed by atoms with E-state index in [-0.39, 0.29) is 11.5 Å². The van der Waals surface area contributed by atoms with E-state index in [2.05, 4.69) is 27.9 Å². The Morgan fingerprint density at radius 1 is 1.33 bits per heavy atom. The molecule has 0 atom stereocenters. The fourth-order valence-corrected chi connectivity index (χ4v) is 3.00. The molecule has 3 N–H and O–H groups in total. The highest BCUT2D eigenvalue weighted by atomic mass is 32.2. The minimum Gasteiger partial charge on any atom is -0.382 e. The topological polar surface area (TPSA) is 113 Å². The molecule has 3 rings (SSSR count). The molecular formula is C16H16N6OS. The molecule has 0 fully saturated rings. The van der Waals surface area contributed by atoms with Gasteiger partial charge >= 0.3 is 5.69 Å². The van der Waals surface area contributed by atoms with Crippen molar-refractivity contribution >= 4 is 28.7 Å². The van der Waals surface area contributed by atoms with Gasteiger partial charge in [-0.3, -0.25) is 4.57 Å². The van der Waals surface area contributed by atoms with Crippen LogP contribution in [-0.4, -0.2) is 25.3 Å². The number of hydrogen-bond donors (Lipinski definition) is 2. The van der Waals surface area contributed by atoms with Gasteiger partial charge in [0.05, 0.1) is 18.2 Å². The maximum absolute atomic E-state index is 12.3. The number of aromatic nitrogens is 4. The zero-order valence-corrected chi connectivity index (χ0v) is 13.9. The van der Waals surface area contributed by atoms with E-state index >= 15 is 0 Å². The van der Waals surface area contributed by atoms with Crippen LogP contribution in [-0.2, 0) is 6.54 Å². The molecule has 0 radical (unpaired) electrons. The van der Waals surface area contributed by atoms with Gasteiger partial charge in [0.25, 0.3) is 0 Å². The average molecular weight is 340 g/mol. The molecule has 3 aromatic rings. The molecule has 0 bridgehead atoms. The van der Waals surface area contributed by atoms with Crippen LogP contribution in [0, 0.1) is 11.3 Å². The van der Waals surface area contributed by atoms with E-state index in [1.807, 2.05) is 12.1 Å². The van der Waals surface area contributed by atoms with Crippen molar-refractivity contribution in [3.63, 3.8) is 0 Å². The van der Waals surface area contributed by atoms with Crippen molar-refractivity contribution in [2.45, 2.75) is 25.0 Å². The zero-order chi connectivity index (χ0) is 17.1. The predicted octanol–water partition coefficient (Wildman–Crippen LogP) is 2.12. The third-order valence-electron chi connectivity index (χ3n) is 3.49. The highest BCUT2D eigenvalue weighted by molar-refractivity contribution is 7.99. The Morgan fingerprint density at radius 2 is 2.08 bits per heavy atom. The molecule has 0 saturated heterocycles. The number of fused-ring (bicyclic) bond motifs is 1. The summed E-state index contributed by atoms with van der Waals surface area (Å²) in [6, 6.07) is 9.16. The van der Waals surface area contributed by atoms with Crippen LogP contribution in [0.1, 0.15) is 24.5 Å². The average Bonchev–Trinajstić information content (AvgIpc) is 2.90. The largest absolute Gasteiger partial charge is 0.382 e. The van der Waals surface area contributed by atoms with Crippen molar-refractivity contribution in [1.29, 1.82) is 5.26 Å². The molecule has 0 aliphatic heterocycles. The highest BCUT2D eigenvalue weighted by Gasteiger charge is 2.14. The summed E-state index contributed by atoms with van der Waals surface area (Å²) in [5.41, 5.74) is 8.10. The summed E-state index contributed by atoms with van der Waals surface area (Å²) in [6.45, 7) is 2.42. The van der Waals surface area contributed by atoms with Crippen LogP contribution >= 0.6 is 11.8 Å². The molecule has 0 aliphatic carbocycles. The summed E-state index contributed by atoms with van der Waals surface area (Å²) in [7, 11) is 0. The Morgan fingerprint density at radius 3 is 2.75 bits per heavy atom. The number of hydrogen-bond acceptors (Lipinski definition) is 6. The van der Waals surface area contributed by atoms with Gasteiger partial charge in [-0.2, -0.15) is 5.26 Å². The Kier molecular flexibility index (Phi) is 4.53. The summed E-state index contributed by atoms with van der Waals surface area (Å²) >= 11 is 1.51. The molecule has 0 aliphatic rings. The van der Waals surface area contributed by atoms with Crippen molar-refractivity contribution in [3.05, 3.63) is 45.9 Å². The second-order valence-electron chi connectivity index (χ2n) is 5.26. The molecule has 7 nitrogen and oxygen atoms in total. The lowest BCUT2D eigenvalue weighted by Crippen LogP contribution is -2.17. The molecule has 2 aromatic heterocycles. The van der Waals surface area contributed by atoms with Gasteiger partial charge in [-0.05, 0) is 24.1 Å². The van der Waals surface area contributed by atoms with Crippen LogP contribution in [0.3, 0.4) is 0 Å². The summed E-state index contributed by atoms with van der Waals surface area (Å²) < 4.78 is 1.53. The van der Waals surface area contributed by atoms with Crippen LogP contribution in [0.2, 0.25) is 0 Å². The Labute approximate surface area is 142 Å². The maximum atomic E-state index is 12.3. The minimum atomic E-state index is -0.284. The van der Waals surface area contributed by atoms with Crippen molar-refractivity contribution in [1.82, 2.24) is 19.5 Å².